The number of fused-ring (bicyclic) bond motifs is 3. The fraction of sp³-hybridized carbons (Fsp3) is 0.333. The Morgan fingerprint density at radius 1 is 1.25 bits per heavy atom. The minimum Gasteiger partial charge on any atom is -0.360 e. The highest BCUT2D eigenvalue weighted by Crippen LogP contribution is 2.35. The first kappa shape index (κ1) is 20.7. The first-order chi connectivity index (χ1) is 15.5. The lowest BCUT2D eigenvalue weighted by Crippen LogP contribution is -2.41. The van der Waals surface area contributed by atoms with Crippen molar-refractivity contribution in [2.75, 3.05) is 0 Å². The molecular weight excluding hydrogens is 428 g/mol. The van der Waals surface area contributed by atoms with E-state index in [1.807, 2.05) is 28.8 Å². The van der Waals surface area contributed by atoms with E-state index >= 15 is 0 Å². The van der Waals surface area contributed by atoms with Crippen molar-refractivity contribution in [3.8, 4) is 0 Å². The largest absolute Gasteiger partial charge is 0.360 e. The third-order valence-corrected chi connectivity index (χ3v) is 6.56. The molecule has 5 rings (SSSR count). The molecule has 1 amide bonds. The van der Waals surface area contributed by atoms with Gasteiger partial charge in [-0.2, -0.15) is 0 Å². The molecule has 1 saturated carbocycles. The summed E-state index contributed by atoms with van der Waals surface area (Å²) in [4.78, 5) is 30.2. The summed E-state index contributed by atoms with van der Waals surface area (Å²) in [5, 5.41) is 8.99. The lowest BCUT2D eigenvalue weighted by molar-refractivity contribution is -0.121. The Balaban J connectivity index is 1.48. The van der Waals surface area contributed by atoms with Gasteiger partial charge in [-0.15, -0.1) is 0 Å². The van der Waals surface area contributed by atoms with Crippen molar-refractivity contribution >= 4 is 39.3 Å². The summed E-state index contributed by atoms with van der Waals surface area (Å²) < 4.78 is 7.17. The molecule has 1 aliphatic carbocycles. The Labute approximate surface area is 189 Å². The Hall–Kier alpha value is -3.19. The Bertz CT molecular complexity index is 1360. The van der Waals surface area contributed by atoms with E-state index in [1.165, 1.54) is 0 Å². The highest BCUT2D eigenvalue weighted by Gasteiger charge is 2.28. The van der Waals surface area contributed by atoms with E-state index in [1.54, 1.807) is 25.4 Å². The quantitative estimate of drug-likeness (QED) is 0.499. The van der Waals surface area contributed by atoms with Gasteiger partial charge in [0.15, 0.2) is 0 Å². The van der Waals surface area contributed by atoms with Crippen molar-refractivity contribution in [3.63, 3.8) is 0 Å². The van der Waals surface area contributed by atoms with E-state index in [9.17, 15) is 9.59 Å². The normalized spacial score (nSPS) is 18.8. The molecule has 1 N–H and O–H groups in total. The molecule has 8 heteroatoms. The second-order valence-corrected chi connectivity index (χ2v) is 8.80. The molecule has 7 nitrogen and oxygen atoms in total. The third-order valence-electron chi connectivity index (χ3n) is 6.25. The zero-order chi connectivity index (χ0) is 22.2. The molecule has 164 valence electrons. The number of nitrogens with one attached hydrogen (secondary N) is 1. The van der Waals surface area contributed by atoms with Crippen molar-refractivity contribution in [3.05, 3.63) is 69.4 Å². The molecule has 3 heterocycles. The number of carbonyl (C=O) groups excluding carboxylic acids is 1. The first-order valence-corrected chi connectivity index (χ1v) is 11.2. The van der Waals surface area contributed by atoms with Crippen LogP contribution < -0.4 is 10.9 Å². The third kappa shape index (κ3) is 3.66. The van der Waals surface area contributed by atoms with Crippen molar-refractivity contribution in [1.82, 2.24) is 20.0 Å². The van der Waals surface area contributed by atoms with Crippen LogP contribution in [0.5, 0.6) is 0 Å². The summed E-state index contributed by atoms with van der Waals surface area (Å²) in [6, 6.07) is 9.20. The van der Waals surface area contributed by atoms with Gasteiger partial charge in [0.05, 0.1) is 17.0 Å². The molecule has 3 aromatic heterocycles. The molecule has 0 radical (unpaired) electrons. The van der Waals surface area contributed by atoms with Crippen LogP contribution in [-0.4, -0.2) is 26.7 Å². The lowest BCUT2D eigenvalue weighted by Gasteiger charge is -2.32. The highest BCUT2D eigenvalue weighted by atomic mass is 35.5. The van der Waals surface area contributed by atoms with Crippen LogP contribution in [-0.2, 0) is 11.2 Å². The molecule has 0 saturated heterocycles. The van der Waals surface area contributed by atoms with Crippen molar-refractivity contribution < 1.29 is 9.32 Å². The van der Waals surface area contributed by atoms with Gasteiger partial charge in [0.25, 0.3) is 5.56 Å². The van der Waals surface area contributed by atoms with E-state index in [2.05, 4.69) is 15.5 Å². The number of benzene rings is 1. The molecular formula is C24H23ClN4O3. The van der Waals surface area contributed by atoms with Crippen molar-refractivity contribution in [2.24, 2.45) is 0 Å². The smallest absolute Gasteiger partial charge is 0.264 e. The van der Waals surface area contributed by atoms with Crippen molar-refractivity contribution in [2.45, 2.75) is 51.1 Å². The number of rotatable bonds is 4. The van der Waals surface area contributed by atoms with Crippen LogP contribution in [0.1, 0.15) is 43.0 Å². The predicted molar refractivity (Wildman–Crippen MR) is 123 cm³/mol. The van der Waals surface area contributed by atoms with Crippen LogP contribution in [0.15, 0.2) is 52.0 Å². The number of pyridine rings is 2. The number of hydrogen-bond acceptors (Lipinski definition) is 5. The molecule has 32 heavy (non-hydrogen) atoms. The predicted octanol–water partition coefficient (Wildman–Crippen LogP) is 4.34. The van der Waals surface area contributed by atoms with Crippen LogP contribution in [0.2, 0.25) is 5.02 Å². The Kier molecular flexibility index (Phi) is 5.43. The zero-order valence-electron chi connectivity index (χ0n) is 17.7. The van der Waals surface area contributed by atoms with Gasteiger partial charge in [-0.25, -0.2) is 0 Å². The summed E-state index contributed by atoms with van der Waals surface area (Å²) in [5.74, 6) is 0.451. The lowest BCUT2D eigenvalue weighted by atomic mass is 9.90. The number of halogens is 1. The molecule has 0 aliphatic heterocycles. The van der Waals surface area contributed by atoms with Gasteiger partial charge in [-0.05, 0) is 56.4 Å². The maximum Gasteiger partial charge on any atom is 0.264 e. The number of nitrogens with zero attached hydrogens (tertiary/aromatic N) is 3. The van der Waals surface area contributed by atoms with Gasteiger partial charge in [0.1, 0.15) is 16.7 Å². The summed E-state index contributed by atoms with van der Waals surface area (Å²) in [7, 11) is 0. The Morgan fingerprint density at radius 3 is 2.94 bits per heavy atom. The first-order valence-electron chi connectivity index (χ1n) is 10.8. The van der Waals surface area contributed by atoms with Crippen LogP contribution in [0, 0.1) is 6.92 Å². The minimum absolute atomic E-state index is 0.00155. The molecule has 4 aromatic rings. The van der Waals surface area contributed by atoms with E-state index < -0.39 is 0 Å². The number of aromatic nitrogens is 3. The minimum atomic E-state index is -0.124. The molecule has 1 aliphatic rings. The number of carbonyl (C=O) groups is 1. The van der Waals surface area contributed by atoms with E-state index in [4.69, 9.17) is 16.1 Å². The fourth-order valence-corrected chi connectivity index (χ4v) is 5.09. The molecule has 0 spiro atoms. The molecule has 2 unspecified atom stereocenters. The molecule has 0 bridgehead atoms. The highest BCUT2D eigenvalue weighted by molar-refractivity contribution is 6.37. The van der Waals surface area contributed by atoms with E-state index in [0.717, 1.165) is 35.7 Å². The van der Waals surface area contributed by atoms with Crippen LogP contribution >= 0.6 is 11.6 Å². The summed E-state index contributed by atoms with van der Waals surface area (Å²) in [6.07, 6.45) is 7.02. The van der Waals surface area contributed by atoms with Gasteiger partial charge in [-0.1, -0.05) is 28.9 Å². The van der Waals surface area contributed by atoms with Crippen LogP contribution in [0.4, 0.5) is 0 Å². The summed E-state index contributed by atoms with van der Waals surface area (Å²) >= 11 is 6.52. The van der Waals surface area contributed by atoms with Gasteiger partial charge < -0.3 is 14.4 Å². The molecule has 1 aromatic carbocycles. The monoisotopic (exact) mass is 450 g/mol. The molecule has 1 fully saturated rings. The Morgan fingerprint density at radius 2 is 2.12 bits per heavy atom. The topological polar surface area (TPSA) is 90.0 Å². The number of hydrogen-bond donors (Lipinski definition) is 1. The fourth-order valence-electron chi connectivity index (χ4n) is 4.83. The standard InChI is InChI=1S/C24H23ClN4O3/c1-14-21-23(28-32-14)22-18(25)8-3-9-19(22)29(24(21)31)17-7-2-6-16(12-17)27-20(30)11-15-5-4-10-26-13-15/h3-5,8-10,13,16-17H,2,6-7,11-12H2,1H3,(H,27,30). The van der Waals surface area contributed by atoms with Gasteiger partial charge in [0.2, 0.25) is 5.91 Å². The maximum absolute atomic E-state index is 13.5. The van der Waals surface area contributed by atoms with Crippen molar-refractivity contribution in [1.29, 1.82) is 0 Å². The summed E-state index contributed by atoms with van der Waals surface area (Å²) in [6.45, 7) is 1.74. The van der Waals surface area contributed by atoms with E-state index in [-0.39, 0.29) is 23.6 Å². The second-order valence-electron chi connectivity index (χ2n) is 8.39. The van der Waals surface area contributed by atoms with Crippen LogP contribution in [0.25, 0.3) is 21.8 Å². The number of amides is 1. The SMILES string of the molecule is Cc1onc2c1c(=O)n(C1CCCC(NC(=O)Cc3cccnc3)C1)c1cccc(Cl)c21. The maximum atomic E-state index is 13.5. The van der Waals surface area contributed by atoms with Gasteiger partial charge in [-0.3, -0.25) is 14.6 Å². The average Bonchev–Trinajstić information content (AvgIpc) is 3.16. The molecule has 2 atom stereocenters. The summed E-state index contributed by atoms with van der Waals surface area (Å²) in [5.41, 5.74) is 2.00. The van der Waals surface area contributed by atoms with E-state index in [0.29, 0.717) is 34.5 Å². The number of aryl methyl sites for hydroxylation is 1. The average molecular weight is 451 g/mol. The second kappa shape index (κ2) is 8.39. The zero-order valence-corrected chi connectivity index (χ0v) is 18.4. The van der Waals surface area contributed by atoms with Gasteiger partial charge in [0, 0.05) is 29.9 Å². The van der Waals surface area contributed by atoms with Crippen LogP contribution in [0.3, 0.4) is 0 Å². The van der Waals surface area contributed by atoms with Gasteiger partial charge >= 0.3 is 0 Å².